The van der Waals surface area contributed by atoms with E-state index in [4.69, 9.17) is 11.6 Å². The third kappa shape index (κ3) is 5.92. The second-order valence-electron chi connectivity index (χ2n) is 4.94. The zero-order chi connectivity index (χ0) is 16.7. The Morgan fingerprint density at radius 3 is 2.35 bits per heavy atom. The number of carbonyl (C=O) groups excluding carboxylic acids is 2. The van der Waals surface area contributed by atoms with E-state index >= 15 is 0 Å². The van der Waals surface area contributed by atoms with Crippen LogP contribution in [0.3, 0.4) is 0 Å². The maximum absolute atomic E-state index is 11.7. The number of anilines is 1. The van der Waals surface area contributed by atoms with E-state index < -0.39 is 11.8 Å². The van der Waals surface area contributed by atoms with E-state index in [2.05, 4.69) is 15.8 Å². The first-order valence-corrected chi connectivity index (χ1v) is 7.35. The predicted octanol–water partition coefficient (Wildman–Crippen LogP) is 3.13. The normalized spacial score (nSPS) is 10.5. The highest BCUT2D eigenvalue weighted by molar-refractivity contribution is 6.30. The molecule has 0 atom stereocenters. The van der Waals surface area contributed by atoms with Gasteiger partial charge in [-0.05, 0) is 36.8 Å². The molecule has 2 aromatic carbocycles. The molecular weight excluding hydrogens is 314 g/mol. The van der Waals surface area contributed by atoms with E-state index in [-0.39, 0.29) is 6.42 Å². The molecule has 0 spiro atoms. The lowest BCUT2D eigenvalue weighted by atomic mass is 10.2. The Balaban J connectivity index is 1.78. The van der Waals surface area contributed by atoms with Crippen molar-refractivity contribution in [1.82, 2.24) is 5.43 Å². The summed E-state index contributed by atoms with van der Waals surface area (Å²) >= 11 is 5.76. The third-order valence-electron chi connectivity index (χ3n) is 2.93. The Labute approximate surface area is 139 Å². The molecule has 118 valence electrons. The maximum Gasteiger partial charge on any atom is 0.249 e. The van der Waals surface area contributed by atoms with Crippen LogP contribution in [-0.2, 0) is 9.59 Å². The van der Waals surface area contributed by atoms with Crippen molar-refractivity contribution in [2.45, 2.75) is 13.3 Å². The molecule has 23 heavy (non-hydrogen) atoms. The molecule has 0 unspecified atom stereocenters. The number of aryl methyl sites for hydroxylation is 1. The van der Waals surface area contributed by atoms with Gasteiger partial charge in [0.05, 0.1) is 6.21 Å². The standard InChI is InChI=1S/C17H16ClN3O2/c1-12-2-4-13(5-3-12)11-19-21-17(23)10-16(22)20-15-8-6-14(18)7-9-15/h2-9,11H,10H2,1H3,(H,20,22)(H,21,23). The van der Waals surface area contributed by atoms with Crippen LogP contribution in [0.15, 0.2) is 53.6 Å². The summed E-state index contributed by atoms with van der Waals surface area (Å²) in [5.41, 5.74) is 4.91. The van der Waals surface area contributed by atoms with Gasteiger partial charge in [0.15, 0.2) is 0 Å². The van der Waals surface area contributed by atoms with Crippen LogP contribution in [0.25, 0.3) is 0 Å². The minimum atomic E-state index is -0.486. The fourth-order valence-corrected chi connectivity index (χ4v) is 1.88. The van der Waals surface area contributed by atoms with Gasteiger partial charge in [0.1, 0.15) is 6.42 Å². The lowest BCUT2D eigenvalue weighted by Gasteiger charge is -2.04. The minimum Gasteiger partial charge on any atom is -0.326 e. The summed E-state index contributed by atoms with van der Waals surface area (Å²) in [6.45, 7) is 1.99. The fourth-order valence-electron chi connectivity index (χ4n) is 1.76. The molecule has 2 rings (SSSR count). The van der Waals surface area contributed by atoms with Crippen LogP contribution in [-0.4, -0.2) is 18.0 Å². The smallest absolute Gasteiger partial charge is 0.249 e. The highest BCUT2D eigenvalue weighted by Gasteiger charge is 2.08. The summed E-state index contributed by atoms with van der Waals surface area (Å²) in [6.07, 6.45) is 1.21. The Hall–Kier alpha value is -2.66. The molecule has 0 radical (unpaired) electrons. The number of nitrogens with zero attached hydrogens (tertiary/aromatic N) is 1. The Bertz CT molecular complexity index is 710. The molecule has 6 heteroatoms. The molecule has 0 heterocycles. The largest absolute Gasteiger partial charge is 0.326 e. The van der Waals surface area contributed by atoms with Gasteiger partial charge < -0.3 is 5.32 Å². The molecule has 2 N–H and O–H groups in total. The lowest BCUT2D eigenvalue weighted by molar-refractivity contribution is -0.126. The molecule has 0 aliphatic heterocycles. The molecule has 2 aromatic rings. The van der Waals surface area contributed by atoms with Crippen molar-refractivity contribution in [2.75, 3.05) is 5.32 Å². The van der Waals surface area contributed by atoms with Crippen molar-refractivity contribution in [3.8, 4) is 0 Å². The first kappa shape index (κ1) is 16.7. The molecule has 0 aliphatic carbocycles. The Morgan fingerprint density at radius 1 is 1.04 bits per heavy atom. The van der Waals surface area contributed by atoms with E-state index in [9.17, 15) is 9.59 Å². The van der Waals surface area contributed by atoms with Gasteiger partial charge in [0.25, 0.3) is 0 Å². The highest BCUT2D eigenvalue weighted by atomic mass is 35.5. The van der Waals surface area contributed by atoms with E-state index in [0.29, 0.717) is 10.7 Å². The van der Waals surface area contributed by atoms with Crippen molar-refractivity contribution in [2.24, 2.45) is 5.10 Å². The Kier molecular flexibility index (Phi) is 5.88. The molecule has 0 fully saturated rings. The number of amides is 2. The van der Waals surface area contributed by atoms with E-state index in [1.165, 1.54) is 6.21 Å². The predicted molar refractivity (Wildman–Crippen MR) is 91.6 cm³/mol. The second-order valence-corrected chi connectivity index (χ2v) is 5.37. The molecule has 0 aliphatic rings. The van der Waals surface area contributed by atoms with Crippen LogP contribution in [0, 0.1) is 6.92 Å². The van der Waals surface area contributed by atoms with Gasteiger partial charge in [-0.25, -0.2) is 5.43 Å². The first-order chi connectivity index (χ1) is 11.0. The highest BCUT2D eigenvalue weighted by Crippen LogP contribution is 2.13. The summed E-state index contributed by atoms with van der Waals surface area (Å²) < 4.78 is 0. The fraction of sp³-hybridized carbons (Fsp3) is 0.118. The quantitative estimate of drug-likeness (QED) is 0.502. The average molecular weight is 330 g/mol. The lowest BCUT2D eigenvalue weighted by Crippen LogP contribution is -2.24. The average Bonchev–Trinajstić information content (AvgIpc) is 2.51. The van der Waals surface area contributed by atoms with Crippen molar-refractivity contribution in [1.29, 1.82) is 0 Å². The summed E-state index contributed by atoms with van der Waals surface area (Å²) in [7, 11) is 0. The van der Waals surface area contributed by atoms with Crippen LogP contribution in [0.1, 0.15) is 17.5 Å². The number of nitrogens with one attached hydrogen (secondary N) is 2. The van der Waals surface area contributed by atoms with Crippen LogP contribution in [0.4, 0.5) is 5.69 Å². The third-order valence-corrected chi connectivity index (χ3v) is 3.18. The number of hydrogen-bond acceptors (Lipinski definition) is 3. The number of hydrogen-bond donors (Lipinski definition) is 2. The van der Waals surface area contributed by atoms with E-state index in [1.54, 1.807) is 24.3 Å². The minimum absolute atomic E-state index is 0.312. The monoisotopic (exact) mass is 329 g/mol. The van der Waals surface area contributed by atoms with Crippen molar-refractivity contribution in [3.63, 3.8) is 0 Å². The van der Waals surface area contributed by atoms with Crippen LogP contribution >= 0.6 is 11.6 Å². The summed E-state index contributed by atoms with van der Waals surface area (Å²) in [5.74, 6) is -0.907. The molecule has 5 nitrogen and oxygen atoms in total. The number of halogens is 1. The van der Waals surface area contributed by atoms with Gasteiger partial charge in [-0.1, -0.05) is 41.4 Å². The molecular formula is C17H16ClN3O2. The Morgan fingerprint density at radius 2 is 1.70 bits per heavy atom. The van der Waals surface area contributed by atoms with Crippen molar-refractivity contribution >= 4 is 35.3 Å². The van der Waals surface area contributed by atoms with Gasteiger partial charge in [-0.3, -0.25) is 9.59 Å². The maximum atomic E-state index is 11.7. The van der Waals surface area contributed by atoms with Crippen LogP contribution < -0.4 is 10.7 Å². The number of carbonyl (C=O) groups is 2. The van der Waals surface area contributed by atoms with Crippen molar-refractivity contribution < 1.29 is 9.59 Å². The van der Waals surface area contributed by atoms with Gasteiger partial charge in [-0.2, -0.15) is 5.10 Å². The van der Waals surface area contributed by atoms with Gasteiger partial charge in [-0.15, -0.1) is 0 Å². The second kappa shape index (κ2) is 8.10. The van der Waals surface area contributed by atoms with Gasteiger partial charge in [0, 0.05) is 10.7 Å². The van der Waals surface area contributed by atoms with Gasteiger partial charge >= 0.3 is 0 Å². The van der Waals surface area contributed by atoms with E-state index in [1.807, 2.05) is 31.2 Å². The number of benzene rings is 2. The molecule has 0 aromatic heterocycles. The zero-order valence-corrected chi connectivity index (χ0v) is 13.3. The summed E-state index contributed by atoms with van der Waals surface area (Å²) in [5, 5.41) is 7.00. The van der Waals surface area contributed by atoms with Crippen molar-refractivity contribution in [3.05, 3.63) is 64.7 Å². The topological polar surface area (TPSA) is 70.6 Å². The van der Waals surface area contributed by atoms with Crippen LogP contribution in [0.5, 0.6) is 0 Å². The van der Waals surface area contributed by atoms with Gasteiger partial charge in [0.2, 0.25) is 11.8 Å². The number of hydrazone groups is 1. The molecule has 0 saturated heterocycles. The first-order valence-electron chi connectivity index (χ1n) is 6.97. The number of rotatable bonds is 5. The SMILES string of the molecule is Cc1ccc(C=NNC(=O)CC(=O)Nc2ccc(Cl)cc2)cc1. The summed E-state index contributed by atoms with van der Waals surface area (Å²) in [4.78, 5) is 23.4. The van der Waals surface area contributed by atoms with Crippen LogP contribution in [0.2, 0.25) is 5.02 Å². The molecule has 0 bridgehead atoms. The summed E-state index contributed by atoms with van der Waals surface area (Å²) in [6, 6.07) is 14.3. The molecule has 0 saturated carbocycles. The molecule has 2 amide bonds. The van der Waals surface area contributed by atoms with E-state index in [0.717, 1.165) is 11.1 Å². The zero-order valence-electron chi connectivity index (χ0n) is 12.5.